The van der Waals surface area contributed by atoms with Crippen LogP contribution in [0.1, 0.15) is 27.0 Å². The molecule has 0 bridgehead atoms. The molecule has 7 nitrogen and oxygen atoms in total. The molecule has 3 aromatic rings. The molecule has 0 aromatic heterocycles. The maximum absolute atomic E-state index is 13.1. The molecule has 0 N–H and O–H groups in total. The van der Waals surface area contributed by atoms with E-state index in [2.05, 4.69) is 0 Å². The van der Waals surface area contributed by atoms with Gasteiger partial charge in [0, 0.05) is 11.6 Å². The molecule has 176 valence electrons. The number of hydrogen-bond acceptors (Lipinski definition) is 7. The van der Waals surface area contributed by atoms with Crippen molar-refractivity contribution in [3.8, 4) is 34.5 Å². The summed E-state index contributed by atoms with van der Waals surface area (Å²) < 4.78 is 33.5. The fourth-order valence-corrected chi connectivity index (χ4v) is 3.88. The highest BCUT2D eigenvalue weighted by Crippen LogP contribution is 2.41. The van der Waals surface area contributed by atoms with E-state index in [9.17, 15) is 4.79 Å². The molecular formula is C27H26O7. The number of rotatable bonds is 8. The van der Waals surface area contributed by atoms with Crippen LogP contribution in [0.2, 0.25) is 0 Å². The van der Waals surface area contributed by atoms with Crippen LogP contribution in [0.5, 0.6) is 34.5 Å². The predicted octanol–water partition coefficient (Wildman–Crippen LogP) is 5.22. The number of benzene rings is 3. The van der Waals surface area contributed by atoms with Crippen LogP contribution >= 0.6 is 0 Å². The largest absolute Gasteiger partial charge is 0.496 e. The number of allylic oxidation sites excluding steroid dienone is 1. The molecule has 1 heterocycles. The molecule has 0 amide bonds. The number of fused-ring (bicyclic) bond motifs is 1. The summed E-state index contributed by atoms with van der Waals surface area (Å²) in [6.45, 7) is 2.18. The van der Waals surface area contributed by atoms with Gasteiger partial charge in [-0.05, 0) is 48.4 Å². The topological polar surface area (TPSA) is 72.5 Å². The van der Waals surface area contributed by atoms with Gasteiger partial charge in [0.15, 0.2) is 17.3 Å². The Morgan fingerprint density at radius 2 is 1.53 bits per heavy atom. The highest BCUT2D eigenvalue weighted by molar-refractivity contribution is 6.15. The van der Waals surface area contributed by atoms with Crippen LogP contribution in [0, 0.1) is 6.92 Å². The summed E-state index contributed by atoms with van der Waals surface area (Å²) in [5, 5.41) is 0. The number of aryl methyl sites for hydroxylation is 1. The van der Waals surface area contributed by atoms with Crippen molar-refractivity contribution >= 4 is 11.9 Å². The Hall–Kier alpha value is -4.13. The molecule has 0 saturated heterocycles. The minimum Gasteiger partial charge on any atom is -0.496 e. The van der Waals surface area contributed by atoms with Crippen LogP contribution in [-0.4, -0.2) is 34.2 Å². The van der Waals surface area contributed by atoms with E-state index >= 15 is 0 Å². The highest BCUT2D eigenvalue weighted by atomic mass is 16.5. The zero-order valence-corrected chi connectivity index (χ0v) is 19.8. The fourth-order valence-electron chi connectivity index (χ4n) is 3.88. The van der Waals surface area contributed by atoms with Crippen molar-refractivity contribution in [2.24, 2.45) is 0 Å². The standard InChI is InChI=1S/C27H26O7/c1-16-10-19(33-15-18-8-6-7-9-20(18)29-2)14-21-25(16)26(28)22(34-21)11-17-12-23(30-3)27(32-5)24(13-17)31-4/h6-14H,15H2,1-5H3/b22-11-. The summed E-state index contributed by atoms with van der Waals surface area (Å²) in [7, 11) is 6.24. The van der Waals surface area contributed by atoms with Crippen LogP contribution < -0.4 is 28.4 Å². The van der Waals surface area contributed by atoms with Crippen LogP contribution in [0.25, 0.3) is 6.08 Å². The molecule has 0 radical (unpaired) electrons. The van der Waals surface area contributed by atoms with Crippen LogP contribution in [0.4, 0.5) is 0 Å². The van der Waals surface area contributed by atoms with Gasteiger partial charge in [-0.15, -0.1) is 0 Å². The molecule has 1 aliphatic heterocycles. The highest BCUT2D eigenvalue weighted by Gasteiger charge is 2.30. The minimum atomic E-state index is -0.197. The molecule has 0 saturated carbocycles. The monoisotopic (exact) mass is 462 g/mol. The molecule has 3 aromatic carbocycles. The Kier molecular flexibility index (Phi) is 6.63. The Morgan fingerprint density at radius 3 is 2.18 bits per heavy atom. The van der Waals surface area contributed by atoms with Crippen molar-refractivity contribution in [3.05, 3.63) is 76.5 Å². The normalized spacial score (nSPS) is 13.3. The number of carbonyl (C=O) groups excluding carboxylic acids is 1. The van der Waals surface area contributed by atoms with E-state index in [1.54, 1.807) is 31.4 Å². The van der Waals surface area contributed by atoms with Gasteiger partial charge in [-0.1, -0.05) is 18.2 Å². The van der Waals surface area contributed by atoms with E-state index in [-0.39, 0.29) is 11.5 Å². The molecule has 0 atom stereocenters. The first-order chi connectivity index (χ1) is 16.5. The molecule has 0 spiro atoms. The Morgan fingerprint density at radius 1 is 0.853 bits per heavy atom. The third-order valence-electron chi connectivity index (χ3n) is 5.52. The van der Waals surface area contributed by atoms with E-state index < -0.39 is 0 Å². The van der Waals surface area contributed by atoms with Gasteiger partial charge in [-0.25, -0.2) is 0 Å². The summed E-state index contributed by atoms with van der Waals surface area (Å²) in [6, 6.07) is 14.7. The number of ether oxygens (including phenoxy) is 6. The molecule has 1 aliphatic rings. The number of para-hydroxylation sites is 1. The Labute approximate surface area is 198 Å². The van der Waals surface area contributed by atoms with E-state index in [0.717, 1.165) is 16.9 Å². The molecule has 7 heteroatoms. The fraction of sp³-hybridized carbons (Fsp3) is 0.222. The second-order valence-corrected chi connectivity index (χ2v) is 7.61. The second-order valence-electron chi connectivity index (χ2n) is 7.61. The molecule has 34 heavy (non-hydrogen) atoms. The SMILES string of the molecule is COc1ccccc1COc1cc(C)c2c(c1)O/C(=C\c1cc(OC)c(OC)c(OC)c1)C2=O. The Bertz CT molecular complexity index is 1230. The van der Waals surface area contributed by atoms with E-state index in [4.69, 9.17) is 28.4 Å². The molecular weight excluding hydrogens is 436 g/mol. The maximum atomic E-state index is 13.1. The summed E-state index contributed by atoms with van der Waals surface area (Å²) in [4.78, 5) is 13.1. The van der Waals surface area contributed by atoms with Crippen molar-refractivity contribution in [2.45, 2.75) is 13.5 Å². The minimum absolute atomic E-state index is 0.197. The summed E-state index contributed by atoms with van der Waals surface area (Å²) in [6.07, 6.45) is 1.65. The van der Waals surface area contributed by atoms with Crippen molar-refractivity contribution in [1.29, 1.82) is 0 Å². The Balaban J connectivity index is 1.61. The lowest BCUT2D eigenvalue weighted by atomic mass is 10.0. The zero-order chi connectivity index (χ0) is 24.2. The number of carbonyl (C=O) groups is 1. The summed E-state index contributed by atoms with van der Waals surface area (Å²) in [5.74, 6) is 3.26. The van der Waals surface area contributed by atoms with E-state index in [1.165, 1.54) is 21.3 Å². The lowest BCUT2D eigenvalue weighted by Gasteiger charge is -2.13. The third-order valence-corrected chi connectivity index (χ3v) is 5.52. The quantitative estimate of drug-likeness (QED) is 0.425. The first kappa shape index (κ1) is 23.0. The molecule has 0 aliphatic carbocycles. The van der Waals surface area contributed by atoms with Gasteiger partial charge in [0.25, 0.3) is 0 Å². The van der Waals surface area contributed by atoms with Crippen molar-refractivity contribution < 1.29 is 33.2 Å². The van der Waals surface area contributed by atoms with Gasteiger partial charge in [0.2, 0.25) is 11.5 Å². The lowest BCUT2D eigenvalue weighted by molar-refractivity contribution is 0.101. The van der Waals surface area contributed by atoms with Crippen molar-refractivity contribution in [2.75, 3.05) is 28.4 Å². The lowest BCUT2D eigenvalue weighted by Crippen LogP contribution is -2.01. The van der Waals surface area contributed by atoms with Gasteiger partial charge in [0.1, 0.15) is 23.9 Å². The van der Waals surface area contributed by atoms with Gasteiger partial charge in [-0.3, -0.25) is 4.79 Å². The zero-order valence-electron chi connectivity index (χ0n) is 19.8. The molecule has 0 unspecified atom stereocenters. The van der Waals surface area contributed by atoms with E-state index in [1.807, 2.05) is 37.3 Å². The smallest absolute Gasteiger partial charge is 0.232 e. The average molecular weight is 462 g/mol. The van der Waals surface area contributed by atoms with Crippen LogP contribution in [0.3, 0.4) is 0 Å². The van der Waals surface area contributed by atoms with Gasteiger partial charge in [-0.2, -0.15) is 0 Å². The van der Waals surface area contributed by atoms with Crippen LogP contribution in [0.15, 0.2) is 54.3 Å². The van der Waals surface area contributed by atoms with Gasteiger partial charge >= 0.3 is 0 Å². The van der Waals surface area contributed by atoms with Gasteiger partial charge in [0.05, 0.1) is 34.0 Å². The van der Waals surface area contributed by atoms with Crippen LogP contribution in [-0.2, 0) is 6.61 Å². The number of Topliss-reactive ketones (excluding diaryl/α,β-unsaturated/α-hetero) is 1. The molecule has 0 fully saturated rings. The van der Waals surface area contributed by atoms with Crippen molar-refractivity contribution in [3.63, 3.8) is 0 Å². The van der Waals surface area contributed by atoms with Gasteiger partial charge < -0.3 is 28.4 Å². The summed E-state index contributed by atoms with van der Waals surface area (Å²) in [5.41, 5.74) is 2.88. The summed E-state index contributed by atoms with van der Waals surface area (Å²) >= 11 is 0. The van der Waals surface area contributed by atoms with E-state index in [0.29, 0.717) is 46.5 Å². The number of ketones is 1. The molecule has 4 rings (SSSR count). The third kappa shape index (κ3) is 4.37. The number of hydrogen-bond donors (Lipinski definition) is 0. The number of methoxy groups -OCH3 is 4. The maximum Gasteiger partial charge on any atom is 0.232 e. The van der Waals surface area contributed by atoms with Crippen molar-refractivity contribution in [1.82, 2.24) is 0 Å². The second kappa shape index (κ2) is 9.79. The predicted molar refractivity (Wildman–Crippen MR) is 128 cm³/mol. The average Bonchev–Trinajstić information content (AvgIpc) is 3.17. The first-order valence-corrected chi connectivity index (χ1v) is 10.6. The first-order valence-electron chi connectivity index (χ1n) is 10.6.